The van der Waals surface area contributed by atoms with Gasteiger partial charge in [-0.25, -0.2) is 14.2 Å². The number of esters is 1. The van der Waals surface area contributed by atoms with Crippen molar-refractivity contribution in [1.82, 2.24) is 24.8 Å². The Balaban J connectivity index is 1.70. The van der Waals surface area contributed by atoms with Crippen LogP contribution in [0.1, 0.15) is 16.1 Å². The SMILES string of the molecule is CNCCOC(=O)c1c(-c2ccc[nH]c2=O)c2c3occc3c(F)cc2n1Cc1cc2[nH]cnc2cc1Cl. The van der Waals surface area contributed by atoms with Crippen LogP contribution in [0, 0.1) is 5.82 Å². The lowest BCUT2D eigenvalue weighted by Gasteiger charge is -2.13. The van der Waals surface area contributed by atoms with E-state index >= 15 is 4.39 Å². The van der Waals surface area contributed by atoms with Crippen molar-refractivity contribution >= 4 is 50.5 Å². The summed E-state index contributed by atoms with van der Waals surface area (Å²) in [7, 11) is 1.74. The average molecular weight is 534 g/mol. The van der Waals surface area contributed by atoms with Crippen LogP contribution in [0.5, 0.6) is 0 Å². The fraction of sp³-hybridized carbons (Fsp3) is 0.148. The highest BCUT2D eigenvalue weighted by Gasteiger charge is 2.30. The van der Waals surface area contributed by atoms with E-state index in [1.54, 1.807) is 36.1 Å². The second-order valence-electron chi connectivity index (χ2n) is 8.74. The molecule has 0 spiro atoms. The first-order valence-electron chi connectivity index (χ1n) is 11.8. The Morgan fingerprint density at radius 2 is 2.13 bits per heavy atom. The Hall–Kier alpha value is -4.41. The van der Waals surface area contributed by atoms with Crippen LogP contribution < -0.4 is 10.9 Å². The van der Waals surface area contributed by atoms with Gasteiger partial charge in [-0.3, -0.25) is 4.79 Å². The van der Waals surface area contributed by atoms with Crippen molar-refractivity contribution in [2.45, 2.75) is 6.54 Å². The highest BCUT2D eigenvalue weighted by Crippen LogP contribution is 2.41. The minimum atomic E-state index is -0.673. The number of imidazole rings is 1. The van der Waals surface area contributed by atoms with Gasteiger partial charge < -0.3 is 29.0 Å². The number of carbonyl (C=O) groups is 1. The molecule has 0 aliphatic carbocycles. The summed E-state index contributed by atoms with van der Waals surface area (Å²) in [4.78, 5) is 36.6. The van der Waals surface area contributed by atoms with Crippen molar-refractivity contribution in [3.05, 3.63) is 87.6 Å². The molecule has 2 aromatic carbocycles. The number of carbonyl (C=O) groups excluding carboxylic acids is 1. The van der Waals surface area contributed by atoms with Crippen molar-refractivity contribution < 1.29 is 18.3 Å². The highest BCUT2D eigenvalue weighted by molar-refractivity contribution is 6.32. The van der Waals surface area contributed by atoms with Crippen molar-refractivity contribution in [2.75, 3.05) is 20.2 Å². The molecule has 38 heavy (non-hydrogen) atoms. The van der Waals surface area contributed by atoms with Gasteiger partial charge in [-0.1, -0.05) is 11.6 Å². The maximum Gasteiger partial charge on any atom is 0.355 e. The minimum absolute atomic E-state index is 0.0804. The molecule has 9 nitrogen and oxygen atoms in total. The van der Waals surface area contributed by atoms with Crippen molar-refractivity contribution in [2.24, 2.45) is 0 Å². The van der Waals surface area contributed by atoms with Gasteiger partial charge in [0.2, 0.25) is 0 Å². The number of nitrogens with zero attached hydrogens (tertiary/aromatic N) is 2. The Morgan fingerprint density at radius 1 is 1.26 bits per heavy atom. The number of rotatable bonds is 7. The zero-order valence-electron chi connectivity index (χ0n) is 20.1. The first-order chi connectivity index (χ1) is 18.5. The summed E-state index contributed by atoms with van der Waals surface area (Å²) in [6.07, 6.45) is 4.43. The van der Waals surface area contributed by atoms with Crippen molar-refractivity contribution in [3.8, 4) is 11.1 Å². The molecule has 11 heteroatoms. The molecule has 0 amide bonds. The number of halogens is 2. The van der Waals surface area contributed by atoms with Gasteiger partial charge in [-0.2, -0.15) is 0 Å². The van der Waals surface area contributed by atoms with Gasteiger partial charge in [0.15, 0.2) is 0 Å². The zero-order chi connectivity index (χ0) is 26.4. The van der Waals surface area contributed by atoms with Gasteiger partial charge in [-0.05, 0) is 49.0 Å². The number of hydrogen-bond acceptors (Lipinski definition) is 6. The number of ether oxygens (including phenoxy) is 1. The second-order valence-corrected chi connectivity index (χ2v) is 9.15. The maximum atomic E-state index is 15.3. The van der Waals surface area contributed by atoms with E-state index in [1.165, 1.54) is 24.6 Å². The molecule has 0 radical (unpaired) electrons. The number of aromatic amines is 2. The largest absolute Gasteiger partial charge is 0.463 e. The summed E-state index contributed by atoms with van der Waals surface area (Å²) in [5.41, 5.74) is 2.82. The van der Waals surface area contributed by atoms with E-state index in [0.29, 0.717) is 33.6 Å². The lowest BCUT2D eigenvalue weighted by Crippen LogP contribution is -2.20. The van der Waals surface area contributed by atoms with Gasteiger partial charge in [0.25, 0.3) is 5.56 Å². The van der Waals surface area contributed by atoms with E-state index < -0.39 is 17.3 Å². The smallest absolute Gasteiger partial charge is 0.355 e. The lowest BCUT2D eigenvalue weighted by atomic mass is 10.0. The molecule has 0 atom stereocenters. The van der Waals surface area contributed by atoms with Gasteiger partial charge in [0.05, 0.1) is 45.5 Å². The van der Waals surface area contributed by atoms with E-state index in [2.05, 4.69) is 20.3 Å². The van der Waals surface area contributed by atoms with Crippen molar-refractivity contribution in [3.63, 3.8) is 0 Å². The third-order valence-electron chi connectivity index (χ3n) is 6.50. The molecular formula is C27H21ClFN5O4. The molecule has 192 valence electrons. The molecule has 6 aromatic rings. The Bertz CT molecular complexity index is 1900. The number of nitrogens with one attached hydrogen (secondary N) is 3. The van der Waals surface area contributed by atoms with E-state index in [-0.39, 0.29) is 40.9 Å². The monoisotopic (exact) mass is 533 g/mol. The van der Waals surface area contributed by atoms with Gasteiger partial charge in [0, 0.05) is 29.9 Å². The van der Waals surface area contributed by atoms with Crippen LogP contribution in [0.15, 0.2) is 64.4 Å². The fourth-order valence-electron chi connectivity index (χ4n) is 4.77. The third kappa shape index (κ3) is 3.85. The van der Waals surface area contributed by atoms with Crippen molar-refractivity contribution in [1.29, 1.82) is 0 Å². The van der Waals surface area contributed by atoms with Crippen LogP contribution >= 0.6 is 11.6 Å². The summed E-state index contributed by atoms with van der Waals surface area (Å²) in [6.45, 7) is 0.594. The molecule has 0 bridgehead atoms. The number of fused-ring (bicyclic) bond motifs is 4. The molecule has 0 aliphatic heterocycles. The minimum Gasteiger partial charge on any atom is -0.463 e. The summed E-state index contributed by atoms with van der Waals surface area (Å²) in [5, 5.41) is 4.00. The number of benzene rings is 2. The van der Waals surface area contributed by atoms with E-state index in [4.69, 9.17) is 20.8 Å². The second kappa shape index (κ2) is 9.47. The van der Waals surface area contributed by atoms with Gasteiger partial charge in [0.1, 0.15) is 23.7 Å². The topological polar surface area (TPSA) is 118 Å². The summed E-state index contributed by atoms with van der Waals surface area (Å²) < 4.78 is 28.2. The molecule has 0 saturated heterocycles. The first-order valence-corrected chi connectivity index (χ1v) is 12.2. The maximum absolute atomic E-state index is 15.3. The molecule has 6 rings (SSSR count). The molecule has 4 heterocycles. The normalized spacial score (nSPS) is 11.7. The Kier molecular flexibility index (Phi) is 5.97. The quantitative estimate of drug-likeness (QED) is 0.200. The predicted octanol–water partition coefficient (Wildman–Crippen LogP) is 4.84. The lowest BCUT2D eigenvalue weighted by molar-refractivity contribution is 0.0500. The summed E-state index contributed by atoms with van der Waals surface area (Å²) >= 11 is 6.61. The third-order valence-corrected chi connectivity index (χ3v) is 6.85. The van der Waals surface area contributed by atoms with Crippen LogP contribution in [0.4, 0.5) is 4.39 Å². The van der Waals surface area contributed by atoms with Gasteiger partial charge in [-0.15, -0.1) is 0 Å². The highest BCUT2D eigenvalue weighted by atomic mass is 35.5. The number of aromatic nitrogens is 4. The van der Waals surface area contributed by atoms with Crippen LogP contribution in [-0.4, -0.2) is 45.7 Å². The Labute approximate surface area is 219 Å². The molecule has 0 aliphatic rings. The molecule has 0 fully saturated rings. The van der Waals surface area contributed by atoms with Crippen LogP contribution in [0.2, 0.25) is 5.02 Å². The zero-order valence-corrected chi connectivity index (χ0v) is 20.9. The van der Waals surface area contributed by atoms with Gasteiger partial charge >= 0.3 is 5.97 Å². The van der Waals surface area contributed by atoms with E-state index in [0.717, 1.165) is 5.52 Å². The predicted molar refractivity (Wildman–Crippen MR) is 142 cm³/mol. The Morgan fingerprint density at radius 3 is 2.95 bits per heavy atom. The van der Waals surface area contributed by atoms with E-state index in [9.17, 15) is 9.59 Å². The first kappa shape index (κ1) is 24.0. The number of furan rings is 1. The van der Waals surface area contributed by atoms with E-state index in [1.807, 2.05) is 6.07 Å². The molecule has 4 aromatic heterocycles. The standard InChI is InChI=1S/C27H21ClFN5O4/c1-30-6-8-38-27(36)24-22(16-3-2-5-31-26(16)35)23-21(11-18(29)15-4-7-37-25(15)23)34(24)12-14-9-19-20(10-17(14)28)33-13-32-19/h2-5,7,9-11,13,30H,6,8,12H2,1H3,(H,31,35)(H,32,33). The molecule has 3 N–H and O–H groups in total. The molecule has 0 saturated carbocycles. The number of hydrogen-bond donors (Lipinski definition) is 3. The number of pyridine rings is 1. The fourth-order valence-corrected chi connectivity index (χ4v) is 4.99. The summed E-state index contributed by atoms with van der Waals surface area (Å²) in [5.74, 6) is -1.20. The van der Waals surface area contributed by atoms with Crippen LogP contribution in [0.3, 0.4) is 0 Å². The summed E-state index contributed by atoms with van der Waals surface area (Å²) in [6, 6.07) is 9.64. The van der Waals surface area contributed by atoms with Crippen LogP contribution in [-0.2, 0) is 11.3 Å². The average Bonchev–Trinajstić information content (AvgIpc) is 3.63. The number of likely N-dealkylation sites (N-methyl/N-ethyl adjacent to an activating group) is 1. The molecular weight excluding hydrogens is 513 g/mol. The number of H-pyrrole nitrogens is 2. The van der Waals surface area contributed by atoms with Crippen LogP contribution in [0.25, 0.3) is 44.0 Å². The molecule has 0 unspecified atom stereocenters.